The second kappa shape index (κ2) is 7.46. The van der Waals surface area contributed by atoms with Gasteiger partial charge in [0.1, 0.15) is 0 Å². The summed E-state index contributed by atoms with van der Waals surface area (Å²) < 4.78 is 0. The minimum Gasteiger partial charge on any atom is -0.394 e. The molecule has 0 aromatic rings. The number of nitrogens with one attached hydrogen (secondary N) is 1. The summed E-state index contributed by atoms with van der Waals surface area (Å²) in [5, 5.41) is 13.1. The molecule has 0 aromatic carbocycles. The van der Waals surface area contributed by atoms with Crippen molar-refractivity contribution in [1.29, 1.82) is 0 Å². The van der Waals surface area contributed by atoms with Crippen LogP contribution in [0.2, 0.25) is 0 Å². The van der Waals surface area contributed by atoms with Crippen LogP contribution in [0.3, 0.4) is 0 Å². The number of hydrogen-bond donors (Lipinski definition) is 2. The van der Waals surface area contributed by atoms with E-state index in [1.165, 1.54) is 25.8 Å². The van der Waals surface area contributed by atoms with Gasteiger partial charge in [-0.15, -0.1) is 0 Å². The molecule has 0 bridgehead atoms. The second-order valence-electron chi connectivity index (χ2n) is 6.37. The summed E-state index contributed by atoms with van der Waals surface area (Å²) in [6.07, 6.45) is 6.00. The van der Waals surface area contributed by atoms with Crippen molar-refractivity contribution in [3.8, 4) is 0 Å². The molecule has 0 heterocycles. The molecule has 1 saturated carbocycles. The molecule has 1 fully saturated rings. The van der Waals surface area contributed by atoms with Gasteiger partial charge in [0.25, 0.3) is 0 Å². The molecule has 3 nitrogen and oxygen atoms in total. The van der Waals surface area contributed by atoms with E-state index < -0.39 is 0 Å². The molecule has 0 saturated heterocycles. The normalized spacial score (nSPS) is 19.5. The molecule has 0 amide bonds. The Bertz CT molecular complexity index is 229. The molecule has 0 spiro atoms. The van der Waals surface area contributed by atoms with Gasteiger partial charge in [-0.1, -0.05) is 6.92 Å². The summed E-state index contributed by atoms with van der Waals surface area (Å²) in [5.74, 6) is 0. The van der Waals surface area contributed by atoms with Crippen LogP contribution >= 0.6 is 0 Å². The van der Waals surface area contributed by atoms with Crippen LogP contribution in [0.25, 0.3) is 0 Å². The van der Waals surface area contributed by atoms with Gasteiger partial charge in [0.2, 0.25) is 0 Å². The van der Waals surface area contributed by atoms with Crippen molar-refractivity contribution in [2.45, 2.75) is 77.4 Å². The quantitative estimate of drug-likeness (QED) is 0.630. The highest BCUT2D eigenvalue weighted by molar-refractivity contribution is 4.92. The van der Waals surface area contributed by atoms with E-state index in [4.69, 9.17) is 0 Å². The Hall–Kier alpha value is -0.120. The van der Waals surface area contributed by atoms with Crippen molar-refractivity contribution in [1.82, 2.24) is 10.2 Å². The Morgan fingerprint density at radius 3 is 2.44 bits per heavy atom. The first kappa shape index (κ1) is 15.9. The molecule has 0 aromatic heterocycles. The van der Waals surface area contributed by atoms with Crippen LogP contribution in [-0.4, -0.2) is 47.3 Å². The van der Waals surface area contributed by atoms with Crippen molar-refractivity contribution in [2.24, 2.45) is 0 Å². The van der Waals surface area contributed by atoms with E-state index in [9.17, 15) is 5.11 Å². The summed E-state index contributed by atoms with van der Waals surface area (Å²) >= 11 is 0. The zero-order chi connectivity index (χ0) is 13.6. The molecule has 3 heteroatoms. The minimum atomic E-state index is -0.0734. The first-order valence-corrected chi connectivity index (χ1v) is 7.63. The Balaban J connectivity index is 2.27. The number of rotatable bonds is 10. The van der Waals surface area contributed by atoms with E-state index in [1.807, 2.05) is 0 Å². The van der Waals surface area contributed by atoms with Gasteiger partial charge in [-0.25, -0.2) is 0 Å². The van der Waals surface area contributed by atoms with Gasteiger partial charge in [0.15, 0.2) is 0 Å². The highest BCUT2D eigenvalue weighted by Gasteiger charge is 2.31. The summed E-state index contributed by atoms with van der Waals surface area (Å²) in [6, 6.07) is 1.29. The third-order valence-corrected chi connectivity index (χ3v) is 3.89. The van der Waals surface area contributed by atoms with Crippen LogP contribution in [0, 0.1) is 0 Å². The number of aliphatic hydroxyl groups excluding tert-OH is 1. The van der Waals surface area contributed by atoms with E-state index in [2.05, 4.69) is 37.9 Å². The fourth-order valence-electron chi connectivity index (χ4n) is 2.51. The van der Waals surface area contributed by atoms with Gasteiger partial charge < -0.3 is 15.3 Å². The van der Waals surface area contributed by atoms with Crippen LogP contribution in [0.4, 0.5) is 0 Å². The lowest BCUT2D eigenvalue weighted by Gasteiger charge is -2.31. The predicted octanol–water partition coefficient (Wildman–Crippen LogP) is 2.39. The van der Waals surface area contributed by atoms with Crippen LogP contribution < -0.4 is 5.32 Å². The molecule has 108 valence electrons. The Kier molecular flexibility index (Phi) is 6.61. The van der Waals surface area contributed by atoms with Crippen molar-refractivity contribution in [3.63, 3.8) is 0 Å². The lowest BCUT2D eigenvalue weighted by Crippen LogP contribution is -2.47. The average Bonchev–Trinajstić information content (AvgIpc) is 3.11. The smallest absolute Gasteiger partial charge is 0.0610 e. The average molecular weight is 256 g/mol. The molecule has 1 atom stereocenters. The zero-order valence-electron chi connectivity index (χ0n) is 12.7. The molecular weight excluding hydrogens is 224 g/mol. The molecule has 2 N–H and O–H groups in total. The summed E-state index contributed by atoms with van der Waals surface area (Å²) in [4.78, 5) is 2.54. The third-order valence-electron chi connectivity index (χ3n) is 3.89. The zero-order valence-corrected chi connectivity index (χ0v) is 12.7. The first-order chi connectivity index (χ1) is 8.50. The highest BCUT2D eigenvalue weighted by atomic mass is 16.3. The molecule has 1 rings (SSSR count). The summed E-state index contributed by atoms with van der Waals surface area (Å²) in [5.41, 5.74) is -0.0734. The molecule has 1 aliphatic rings. The van der Waals surface area contributed by atoms with E-state index in [-0.39, 0.29) is 12.1 Å². The molecular formula is C15H32N2O. The van der Waals surface area contributed by atoms with Gasteiger partial charge >= 0.3 is 0 Å². The van der Waals surface area contributed by atoms with E-state index in [0.717, 1.165) is 19.4 Å². The van der Waals surface area contributed by atoms with Crippen LogP contribution in [0.5, 0.6) is 0 Å². The Morgan fingerprint density at radius 2 is 2.00 bits per heavy atom. The lowest BCUT2D eigenvalue weighted by atomic mass is 9.96. The number of hydrogen-bond acceptors (Lipinski definition) is 3. The highest BCUT2D eigenvalue weighted by Crippen LogP contribution is 2.24. The standard InChI is InChI=1S/C15H32N2O/c1-5-10-17(13(2)3)11-6-9-15(4,12-18)16-14-7-8-14/h13-14,16,18H,5-12H2,1-4H3. The van der Waals surface area contributed by atoms with Crippen LogP contribution in [0.15, 0.2) is 0 Å². The number of nitrogens with zero attached hydrogens (tertiary/aromatic N) is 1. The fraction of sp³-hybridized carbons (Fsp3) is 1.00. The van der Waals surface area contributed by atoms with E-state index in [0.29, 0.717) is 12.1 Å². The van der Waals surface area contributed by atoms with Gasteiger partial charge in [0.05, 0.1) is 6.61 Å². The number of aliphatic hydroxyl groups is 1. The molecule has 1 aliphatic carbocycles. The fourth-order valence-corrected chi connectivity index (χ4v) is 2.51. The van der Waals surface area contributed by atoms with Crippen molar-refractivity contribution < 1.29 is 5.11 Å². The third kappa shape index (κ3) is 5.68. The maximum Gasteiger partial charge on any atom is 0.0610 e. The van der Waals surface area contributed by atoms with Gasteiger partial charge in [0, 0.05) is 17.6 Å². The second-order valence-corrected chi connectivity index (χ2v) is 6.37. The van der Waals surface area contributed by atoms with E-state index >= 15 is 0 Å². The summed E-state index contributed by atoms with van der Waals surface area (Å²) in [7, 11) is 0. The van der Waals surface area contributed by atoms with Gasteiger partial charge in [-0.3, -0.25) is 0 Å². The van der Waals surface area contributed by atoms with Crippen molar-refractivity contribution in [2.75, 3.05) is 19.7 Å². The van der Waals surface area contributed by atoms with Crippen LogP contribution in [-0.2, 0) is 0 Å². The molecule has 0 radical (unpaired) electrons. The lowest BCUT2D eigenvalue weighted by molar-refractivity contribution is 0.149. The first-order valence-electron chi connectivity index (χ1n) is 7.63. The van der Waals surface area contributed by atoms with Crippen molar-refractivity contribution in [3.05, 3.63) is 0 Å². The maximum absolute atomic E-state index is 9.56. The Labute approximate surface area is 113 Å². The van der Waals surface area contributed by atoms with Crippen molar-refractivity contribution >= 4 is 0 Å². The van der Waals surface area contributed by atoms with E-state index in [1.54, 1.807) is 0 Å². The topological polar surface area (TPSA) is 35.5 Å². The largest absolute Gasteiger partial charge is 0.394 e. The Morgan fingerprint density at radius 1 is 1.33 bits per heavy atom. The van der Waals surface area contributed by atoms with Gasteiger partial charge in [-0.2, -0.15) is 0 Å². The SMILES string of the molecule is CCCN(CCCC(C)(CO)NC1CC1)C(C)C. The monoisotopic (exact) mass is 256 g/mol. The summed E-state index contributed by atoms with van der Waals surface area (Å²) in [6.45, 7) is 11.5. The minimum absolute atomic E-state index is 0.0734. The molecule has 0 aliphatic heterocycles. The van der Waals surface area contributed by atoms with Gasteiger partial charge in [-0.05, 0) is 66.0 Å². The van der Waals surface area contributed by atoms with Crippen LogP contribution in [0.1, 0.15) is 59.8 Å². The predicted molar refractivity (Wildman–Crippen MR) is 77.9 cm³/mol. The maximum atomic E-state index is 9.56. The molecule has 1 unspecified atom stereocenters. The molecule has 18 heavy (non-hydrogen) atoms.